The smallest absolute Gasteiger partial charge is 0.266 e. The Kier molecular flexibility index (Phi) is 6.06. The molecule has 11 heteroatoms. The summed E-state index contributed by atoms with van der Waals surface area (Å²) in [6.07, 6.45) is 8.50. The van der Waals surface area contributed by atoms with E-state index in [4.69, 9.17) is 0 Å². The molecule has 1 N–H and O–H groups in total. The number of hydrogen-bond acceptors (Lipinski definition) is 8. The van der Waals surface area contributed by atoms with Gasteiger partial charge in [0.05, 0.1) is 5.92 Å². The molecule has 11 nitrogen and oxygen atoms in total. The first-order chi connectivity index (χ1) is 14.7. The summed E-state index contributed by atoms with van der Waals surface area (Å²) in [5.41, 5.74) is -0.137. The van der Waals surface area contributed by atoms with Crippen molar-refractivity contribution in [2.75, 3.05) is 24.5 Å². The van der Waals surface area contributed by atoms with Crippen LogP contribution >= 0.6 is 0 Å². The van der Waals surface area contributed by atoms with Gasteiger partial charge in [-0.15, -0.1) is 0 Å². The van der Waals surface area contributed by atoms with E-state index in [0.29, 0.717) is 31.9 Å². The lowest BCUT2D eigenvalue weighted by molar-refractivity contribution is -0.125. The molecule has 0 radical (unpaired) electrons. The van der Waals surface area contributed by atoms with Crippen LogP contribution in [0.4, 0.5) is 5.82 Å². The van der Waals surface area contributed by atoms with E-state index < -0.39 is 0 Å². The summed E-state index contributed by atoms with van der Waals surface area (Å²) in [5, 5.41) is 11.1. The lowest BCUT2D eigenvalue weighted by atomic mass is 9.97. The number of aryl methyl sites for hydroxylation is 1. The number of rotatable bonds is 7. The fourth-order valence-electron chi connectivity index (χ4n) is 3.50. The van der Waals surface area contributed by atoms with Crippen LogP contribution in [0.1, 0.15) is 19.3 Å². The normalized spacial score (nSPS) is 16.4. The molecule has 0 aliphatic carbocycles. The van der Waals surface area contributed by atoms with Gasteiger partial charge in [-0.1, -0.05) is 0 Å². The highest BCUT2D eigenvalue weighted by Crippen LogP contribution is 2.22. The summed E-state index contributed by atoms with van der Waals surface area (Å²) >= 11 is 0. The van der Waals surface area contributed by atoms with E-state index in [1.54, 1.807) is 23.3 Å². The van der Waals surface area contributed by atoms with Crippen LogP contribution in [-0.2, 0) is 11.3 Å². The fourth-order valence-corrected chi connectivity index (χ4v) is 3.50. The number of carbonyl (C=O) groups excluding carboxylic acids is 1. The van der Waals surface area contributed by atoms with E-state index in [2.05, 4.69) is 35.4 Å². The third-order valence-corrected chi connectivity index (χ3v) is 5.04. The maximum atomic E-state index is 12.6. The van der Waals surface area contributed by atoms with Crippen molar-refractivity contribution in [3.8, 4) is 5.82 Å². The number of nitrogens with zero attached hydrogens (tertiary/aromatic N) is 8. The summed E-state index contributed by atoms with van der Waals surface area (Å²) in [4.78, 5) is 38.9. The zero-order valence-corrected chi connectivity index (χ0v) is 16.5. The molecule has 0 aromatic carbocycles. The standard InChI is InChI=1S/C19H23N9O2/c29-18-5-1-7-24-27(18)9-3-6-21-19(30)15-4-2-8-26(11-15)16-10-17(23-13-22-16)28-14-20-12-25-28/h1,5,7,10,12-15H,2-4,6,8-9,11H2,(H,21,30). The first kappa shape index (κ1) is 19.7. The molecular weight excluding hydrogens is 386 g/mol. The number of carbonyl (C=O) groups is 1. The molecule has 1 amide bonds. The van der Waals surface area contributed by atoms with Gasteiger partial charge < -0.3 is 10.2 Å². The minimum Gasteiger partial charge on any atom is -0.356 e. The SMILES string of the molecule is O=C(NCCCn1ncccc1=O)C1CCCN(c2cc(-n3cncn3)ncn2)C1. The predicted octanol–water partition coefficient (Wildman–Crippen LogP) is 0.0369. The maximum absolute atomic E-state index is 12.6. The summed E-state index contributed by atoms with van der Waals surface area (Å²) in [6, 6.07) is 4.94. The van der Waals surface area contributed by atoms with Crippen LogP contribution < -0.4 is 15.8 Å². The Morgan fingerprint density at radius 1 is 1.20 bits per heavy atom. The topological polar surface area (TPSA) is 124 Å². The van der Waals surface area contributed by atoms with E-state index in [0.717, 1.165) is 25.2 Å². The number of aromatic nitrogens is 7. The van der Waals surface area contributed by atoms with Gasteiger partial charge in [0, 0.05) is 44.5 Å². The molecule has 4 rings (SSSR count). The summed E-state index contributed by atoms with van der Waals surface area (Å²) < 4.78 is 2.97. The van der Waals surface area contributed by atoms with Crippen molar-refractivity contribution in [1.82, 2.24) is 39.8 Å². The van der Waals surface area contributed by atoms with Gasteiger partial charge in [-0.2, -0.15) is 10.2 Å². The average molecular weight is 409 g/mol. The Morgan fingerprint density at radius 3 is 2.93 bits per heavy atom. The predicted molar refractivity (Wildman–Crippen MR) is 108 cm³/mol. The Labute approximate surface area is 172 Å². The minimum atomic E-state index is -0.137. The summed E-state index contributed by atoms with van der Waals surface area (Å²) in [5.74, 6) is 1.32. The molecule has 1 fully saturated rings. The van der Waals surface area contributed by atoms with Crippen LogP contribution in [-0.4, -0.2) is 60.1 Å². The molecule has 1 saturated heterocycles. The van der Waals surface area contributed by atoms with Gasteiger partial charge in [0.25, 0.3) is 5.56 Å². The molecule has 3 aromatic heterocycles. The minimum absolute atomic E-state index is 0.0265. The van der Waals surface area contributed by atoms with Gasteiger partial charge in [0.1, 0.15) is 24.8 Å². The Hall–Kier alpha value is -3.63. The van der Waals surface area contributed by atoms with E-state index in [-0.39, 0.29) is 17.4 Å². The van der Waals surface area contributed by atoms with E-state index >= 15 is 0 Å². The van der Waals surface area contributed by atoms with Crippen molar-refractivity contribution >= 4 is 11.7 Å². The summed E-state index contributed by atoms with van der Waals surface area (Å²) in [6.45, 7) is 2.41. The van der Waals surface area contributed by atoms with Gasteiger partial charge in [-0.3, -0.25) is 9.59 Å². The lowest BCUT2D eigenvalue weighted by Gasteiger charge is -2.32. The second-order valence-electron chi connectivity index (χ2n) is 7.09. The first-order valence-electron chi connectivity index (χ1n) is 9.92. The Morgan fingerprint density at radius 2 is 2.10 bits per heavy atom. The third kappa shape index (κ3) is 4.67. The van der Waals surface area contributed by atoms with Crippen LogP contribution in [0.15, 0.2) is 48.2 Å². The zero-order chi connectivity index (χ0) is 20.8. The van der Waals surface area contributed by atoms with Crippen LogP contribution in [0.25, 0.3) is 5.82 Å². The lowest BCUT2D eigenvalue weighted by Crippen LogP contribution is -2.43. The second-order valence-corrected chi connectivity index (χ2v) is 7.09. The van der Waals surface area contributed by atoms with E-state index in [1.807, 2.05) is 6.07 Å². The number of nitrogens with one attached hydrogen (secondary N) is 1. The molecule has 4 heterocycles. The van der Waals surface area contributed by atoms with Crippen molar-refractivity contribution in [1.29, 1.82) is 0 Å². The van der Waals surface area contributed by atoms with E-state index in [1.165, 1.54) is 23.4 Å². The van der Waals surface area contributed by atoms with Crippen molar-refractivity contribution in [3.05, 3.63) is 53.7 Å². The van der Waals surface area contributed by atoms with Crippen LogP contribution in [0.2, 0.25) is 0 Å². The first-order valence-corrected chi connectivity index (χ1v) is 9.92. The van der Waals surface area contributed by atoms with Crippen molar-refractivity contribution in [2.24, 2.45) is 5.92 Å². The monoisotopic (exact) mass is 409 g/mol. The number of anilines is 1. The highest BCUT2D eigenvalue weighted by Gasteiger charge is 2.26. The molecule has 0 bridgehead atoms. The zero-order valence-electron chi connectivity index (χ0n) is 16.5. The van der Waals surface area contributed by atoms with Crippen LogP contribution in [0.3, 0.4) is 0 Å². The second kappa shape index (κ2) is 9.25. The molecule has 1 unspecified atom stereocenters. The molecule has 1 aliphatic rings. The van der Waals surface area contributed by atoms with Crippen molar-refractivity contribution in [3.63, 3.8) is 0 Å². The van der Waals surface area contributed by atoms with Crippen LogP contribution in [0.5, 0.6) is 0 Å². The number of hydrogen-bond donors (Lipinski definition) is 1. The molecule has 1 aliphatic heterocycles. The molecule has 0 saturated carbocycles. The third-order valence-electron chi connectivity index (χ3n) is 5.04. The molecule has 156 valence electrons. The number of piperidine rings is 1. The fraction of sp³-hybridized carbons (Fsp3) is 0.421. The maximum Gasteiger partial charge on any atom is 0.266 e. The van der Waals surface area contributed by atoms with Gasteiger partial charge in [0.2, 0.25) is 5.91 Å². The summed E-state index contributed by atoms with van der Waals surface area (Å²) in [7, 11) is 0. The molecule has 3 aromatic rings. The molecule has 1 atom stereocenters. The van der Waals surface area contributed by atoms with Gasteiger partial charge in [0.15, 0.2) is 5.82 Å². The molecule has 30 heavy (non-hydrogen) atoms. The Balaban J connectivity index is 1.30. The Bertz CT molecular complexity index is 1030. The van der Waals surface area contributed by atoms with Crippen molar-refractivity contribution < 1.29 is 4.79 Å². The average Bonchev–Trinajstić information content (AvgIpc) is 3.33. The van der Waals surface area contributed by atoms with Crippen LogP contribution in [0, 0.1) is 5.92 Å². The van der Waals surface area contributed by atoms with Gasteiger partial charge in [-0.05, 0) is 25.3 Å². The largest absolute Gasteiger partial charge is 0.356 e. The highest BCUT2D eigenvalue weighted by atomic mass is 16.2. The quantitative estimate of drug-likeness (QED) is 0.543. The van der Waals surface area contributed by atoms with Crippen molar-refractivity contribution in [2.45, 2.75) is 25.8 Å². The van der Waals surface area contributed by atoms with E-state index in [9.17, 15) is 9.59 Å². The molecule has 0 spiro atoms. The number of amides is 1. The molecular formula is C19H23N9O2. The van der Waals surface area contributed by atoms with Gasteiger partial charge >= 0.3 is 0 Å². The highest BCUT2D eigenvalue weighted by molar-refractivity contribution is 5.79. The van der Waals surface area contributed by atoms with Gasteiger partial charge in [-0.25, -0.2) is 24.3 Å².